The quantitative estimate of drug-likeness (QED) is 0.497. The van der Waals surface area contributed by atoms with Crippen LogP contribution in [0.2, 0.25) is 0 Å². The van der Waals surface area contributed by atoms with Crippen LogP contribution in [0.1, 0.15) is 18.2 Å². The van der Waals surface area contributed by atoms with Crippen LogP contribution in [0.25, 0.3) is 0 Å². The van der Waals surface area contributed by atoms with Gasteiger partial charge in [0.1, 0.15) is 11.9 Å². The van der Waals surface area contributed by atoms with Gasteiger partial charge in [-0.05, 0) is 59.5 Å². The van der Waals surface area contributed by atoms with Crippen LogP contribution >= 0.6 is 22.6 Å². The summed E-state index contributed by atoms with van der Waals surface area (Å²) in [4.78, 5) is 12.6. The lowest BCUT2D eigenvalue weighted by atomic mass is 10.2. The van der Waals surface area contributed by atoms with Crippen LogP contribution in [0.4, 0.5) is 21.5 Å². The van der Waals surface area contributed by atoms with Gasteiger partial charge in [-0.15, -0.1) is 0 Å². The molecule has 0 fully saturated rings. The lowest BCUT2D eigenvalue weighted by molar-refractivity contribution is 0.452. The monoisotopic (exact) mass is 533 g/mol. The summed E-state index contributed by atoms with van der Waals surface area (Å²) in [5.74, 6) is -1.07. The van der Waals surface area contributed by atoms with E-state index in [1.54, 1.807) is 18.3 Å². The van der Waals surface area contributed by atoms with Crippen molar-refractivity contribution in [1.82, 2.24) is 14.2 Å². The van der Waals surface area contributed by atoms with Crippen molar-refractivity contribution in [2.75, 3.05) is 24.1 Å². The molecule has 11 heteroatoms. The molecule has 2 aromatic rings. The summed E-state index contributed by atoms with van der Waals surface area (Å²) in [6.45, 7) is 1.83. The van der Waals surface area contributed by atoms with Crippen LogP contribution in [-0.4, -0.2) is 31.4 Å². The number of aromatic nitrogens is 1. The zero-order valence-electron chi connectivity index (χ0n) is 16.0. The second kappa shape index (κ2) is 8.32. The van der Waals surface area contributed by atoms with Crippen molar-refractivity contribution < 1.29 is 12.8 Å². The third-order valence-electron chi connectivity index (χ3n) is 4.45. The zero-order chi connectivity index (χ0) is 21.3. The molecule has 0 aliphatic carbocycles. The van der Waals surface area contributed by atoms with Gasteiger partial charge in [0.2, 0.25) is 5.82 Å². The zero-order valence-corrected chi connectivity index (χ0v) is 19.0. The first-order valence-electron chi connectivity index (χ1n) is 8.69. The maximum absolute atomic E-state index is 15.2. The summed E-state index contributed by atoms with van der Waals surface area (Å²) in [6.07, 6.45) is 4.76. The Bertz CT molecular complexity index is 1120. The normalized spacial score (nSPS) is 16.1. The Kier molecular flexibility index (Phi) is 6.19. The minimum absolute atomic E-state index is 0.0672. The molecule has 8 nitrogen and oxygen atoms in total. The van der Waals surface area contributed by atoms with Crippen LogP contribution in [-0.2, 0) is 10.2 Å². The van der Waals surface area contributed by atoms with Crippen LogP contribution in [0.15, 0.2) is 41.5 Å². The highest BCUT2D eigenvalue weighted by atomic mass is 127. The van der Waals surface area contributed by atoms with E-state index in [1.807, 2.05) is 19.1 Å². The van der Waals surface area contributed by atoms with E-state index in [2.05, 4.69) is 37.9 Å². The van der Waals surface area contributed by atoms with E-state index in [0.29, 0.717) is 12.1 Å². The van der Waals surface area contributed by atoms with E-state index in [1.165, 1.54) is 20.3 Å². The molecular weight excluding hydrogens is 512 g/mol. The summed E-state index contributed by atoms with van der Waals surface area (Å²) in [7, 11) is -1.22. The topological polar surface area (TPSA) is 95.5 Å². The van der Waals surface area contributed by atoms with Crippen molar-refractivity contribution in [2.45, 2.75) is 19.5 Å². The SMILES string of the molecule is Cc1cc(I)ccc1Nc1c(NS(=O)(=O)N(C)C)cn(C2CC=CN2)c(=O)c1F. The van der Waals surface area contributed by atoms with Gasteiger partial charge >= 0.3 is 10.2 Å². The number of halogens is 2. The van der Waals surface area contributed by atoms with Crippen molar-refractivity contribution in [2.24, 2.45) is 0 Å². The highest BCUT2D eigenvalue weighted by Crippen LogP contribution is 2.31. The molecule has 156 valence electrons. The summed E-state index contributed by atoms with van der Waals surface area (Å²) in [6, 6.07) is 5.46. The second-order valence-corrected chi connectivity index (χ2v) is 9.87. The Morgan fingerprint density at radius 1 is 1.31 bits per heavy atom. The summed E-state index contributed by atoms with van der Waals surface area (Å²) in [5.41, 5.74) is 0.232. The minimum Gasteiger partial charge on any atom is -0.371 e. The molecule has 3 N–H and O–H groups in total. The van der Waals surface area contributed by atoms with Gasteiger partial charge in [-0.2, -0.15) is 17.1 Å². The average molecular weight is 533 g/mol. The molecule has 0 amide bonds. The fraction of sp³-hybridized carbons (Fsp3) is 0.278. The maximum Gasteiger partial charge on any atom is 0.301 e. The van der Waals surface area contributed by atoms with Gasteiger partial charge in [-0.3, -0.25) is 14.1 Å². The number of pyridine rings is 1. The molecule has 29 heavy (non-hydrogen) atoms. The standard InChI is InChI=1S/C18H21FIN5O3S/c1-11-9-12(20)6-7-13(11)22-17-14(23-29(27,28)24(2)3)10-25(18(26)16(17)19)15-5-4-8-21-15/h4,6-10,15,21-23H,5H2,1-3H3. The molecule has 0 bridgehead atoms. The van der Waals surface area contributed by atoms with Gasteiger partial charge in [0.05, 0.1) is 5.69 Å². The summed E-state index contributed by atoms with van der Waals surface area (Å²) < 4.78 is 45.4. The summed E-state index contributed by atoms with van der Waals surface area (Å²) >= 11 is 2.16. The Hall–Kier alpha value is -2.12. The van der Waals surface area contributed by atoms with Gasteiger partial charge in [0.25, 0.3) is 5.56 Å². The molecule has 1 aromatic heterocycles. The lowest BCUT2D eigenvalue weighted by Crippen LogP contribution is -2.34. The van der Waals surface area contributed by atoms with Crippen molar-refractivity contribution in [1.29, 1.82) is 0 Å². The first kappa shape index (κ1) is 21.6. The first-order valence-corrected chi connectivity index (χ1v) is 11.2. The number of nitrogens with zero attached hydrogens (tertiary/aromatic N) is 2. The molecule has 0 saturated carbocycles. The number of rotatable bonds is 6. The number of anilines is 3. The Morgan fingerprint density at radius 3 is 2.62 bits per heavy atom. The Labute approximate surface area is 182 Å². The Balaban J connectivity index is 2.14. The predicted octanol–water partition coefficient (Wildman–Crippen LogP) is 2.87. The van der Waals surface area contributed by atoms with E-state index in [9.17, 15) is 13.2 Å². The highest BCUT2D eigenvalue weighted by Gasteiger charge is 2.24. The first-order chi connectivity index (χ1) is 13.6. The van der Waals surface area contributed by atoms with E-state index in [-0.39, 0.29) is 11.4 Å². The molecule has 0 saturated heterocycles. The van der Waals surface area contributed by atoms with Crippen molar-refractivity contribution >= 4 is 49.9 Å². The fourth-order valence-corrected chi connectivity index (χ4v) is 4.06. The van der Waals surface area contributed by atoms with Crippen LogP contribution < -0.4 is 20.9 Å². The van der Waals surface area contributed by atoms with Crippen molar-refractivity contribution in [3.05, 3.63) is 62.0 Å². The molecule has 0 radical (unpaired) electrons. The average Bonchev–Trinajstić information content (AvgIpc) is 3.17. The largest absolute Gasteiger partial charge is 0.371 e. The van der Waals surface area contributed by atoms with Crippen LogP contribution in [0.5, 0.6) is 0 Å². The Morgan fingerprint density at radius 2 is 2.03 bits per heavy atom. The molecule has 1 atom stereocenters. The molecular formula is C18H21FIN5O3S. The molecule has 2 heterocycles. The van der Waals surface area contributed by atoms with Crippen LogP contribution in [0, 0.1) is 16.3 Å². The number of hydrogen-bond donors (Lipinski definition) is 3. The molecule has 3 rings (SSSR count). The fourth-order valence-electron chi connectivity index (χ4n) is 2.80. The second-order valence-electron chi connectivity index (χ2n) is 6.74. The highest BCUT2D eigenvalue weighted by molar-refractivity contribution is 14.1. The van der Waals surface area contributed by atoms with Crippen molar-refractivity contribution in [3.8, 4) is 0 Å². The van der Waals surface area contributed by atoms with Gasteiger partial charge in [-0.25, -0.2) is 0 Å². The van der Waals surface area contributed by atoms with Gasteiger partial charge in [0, 0.05) is 36.0 Å². The molecule has 0 spiro atoms. The van der Waals surface area contributed by atoms with E-state index in [0.717, 1.165) is 18.0 Å². The van der Waals surface area contributed by atoms with E-state index >= 15 is 4.39 Å². The molecule has 1 aromatic carbocycles. The molecule has 1 unspecified atom stereocenters. The summed E-state index contributed by atoms with van der Waals surface area (Å²) in [5, 5.41) is 5.83. The van der Waals surface area contributed by atoms with Gasteiger partial charge < -0.3 is 10.6 Å². The van der Waals surface area contributed by atoms with Gasteiger partial charge in [0.15, 0.2) is 0 Å². The molecule has 1 aliphatic heterocycles. The molecule has 1 aliphatic rings. The third-order valence-corrected chi connectivity index (χ3v) is 6.56. The van der Waals surface area contributed by atoms with Crippen molar-refractivity contribution in [3.63, 3.8) is 0 Å². The smallest absolute Gasteiger partial charge is 0.301 e. The number of hydrogen-bond acceptors (Lipinski definition) is 5. The third kappa shape index (κ3) is 4.56. The van der Waals surface area contributed by atoms with E-state index < -0.39 is 27.8 Å². The van der Waals surface area contributed by atoms with Gasteiger partial charge in [-0.1, -0.05) is 6.08 Å². The van der Waals surface area contributed by atoms with Crippen LogP contribution in [0.3, 0.4) is 0 Å². The number of nitrogens with one attached hydrogen (secondary N) is 3. The maximum atomic E-state index is 15.2. The number of aryl methyl sites for hydroxylation is 1. The predicted molar refractivity (Wildman–Crippen MR) is 120 cm³/mol. The lowest BCUT2D eigenvalue weighted by Gasteiger charge is -2.22. The van der Waals surface area contributed by atoms with E-state index in [4.69, 9.17) is 0 Å². The number of benzene rings is 1. The minimum atomic E-state index is -3.93.